The third-order valence-electron chi connectivity index (χ3n) is 6.32. The van der Waals surface area contributed by atoms with Gasteiger partial charge in [0.25, 0.3) is 0 Å². The number of likely N-dealkylation sites (tertiary alicyclic amines) is 1. The maximum absolute atomic E-state index is 3.79. The van der Waals surface area contributed by atoms with Gasteiger partial charge in [-0.3, -0.25) is 0 Å². The summed E-state index contributed by atoms with van der Waals surface area (Å²) in [5, 5.41) is 1.58. The van der Waals surface area contributed by atoms with Crippen molar-refractivity contribution in [2.45, 2.75) is 51.1 Å². The van der Waals surface area contributed by atoms with Gasteiger partial charge >= 0.3 is 0 Å². The monoisotopic (exact) mass is 372 g/mol. The minimum absolute atomic E-state index is 0.688. The first-order valence-electron chi connectivity index (χ1n) is 9.11. The topological polar surface area (TPSA) is 8.17 Å². The standard InChI is InChI=1S/C20H25BrN2/c1-12-5-16-17-7-15(21)8-19-20(17)14(6-18(16)22(2)9-12)11-23(19)10-13-3-4-13/h7-8,11-13,16,18H,3-6,9-10H2,1-2H3/t12-,16?,18-/m1/s1. The van der Waals surface area contributed by atoms with Crippen LogP contribution in [0.3, 0.4) is 0 Å². The van der Waals surface area contributed by atoms with Gasteiger partial charge in [0.15, 0.2) is 0 Å². The molecule has 0 bridgehead atoms. The second kappa shape index (κ2) is 5.10. The Labute approximate surface area is 147 Å². The second-order valence-electron chi connectivity index (χ2n) is 8.30. The first-order valence-corrected chi connectivity index (χ1v) is 9.91. The van der Waals surface area contributed by atoms with Gasteiger partial charge in [-0.25, -0.2) is 0 Å². The lowest BCUT2D eigenvalue weighted by Crippen LogP contribution is -2.47. The summed E-state index contributed by atoms with van der Waals surface area (Å²) in [6.07, 6.45) is 7.88. The van der Waals surface area contributed by atoms with Crippen LogP contribution in [0.5, 0.6) is 0 Å². The van der Waals surface area contributed by atoms with E-state index in [1.54, 1.807) is 16.5 Å². The van der Waals surface area contributed by atoms with E-state index in [2.05, 4.69) is 57.7 Å². The normalized spacial score (nSPS) is 30.7. The molecule has 1 aliphatic heterocycles. The molecule has 3 heteroatoms. The summed E-state index contributed by atoms with van der Waals surface area (Å²) in [7, 11) is 2.33. The van der Waals surface area contributed by atoms with E-state index >= 15 is 0 Å². The van der Waals surface area contributed by atoms with Crippen LogP contribution < -0.4 is 0 Å². The highest BCUT2D eigenvalue weighted by Crippen LogP contribution is 2.46. The van der Waals surface area contributed by atoms with E-state index in [0.29, 0.717) is 12.0 Å². The molecule has 0 radical (unpaired) electrons. The van der Waals surface area contributed by atoms with Gasteiger partial charge in [0.2, 0.25) is 0 Å². The van der Waals surface area contributed by atoms with Gasteiger partial charge in [0.05, 0.1) is 0 Å². The van der Waals surface area contributed by atoms with E-state index in [9.17, 15) is 0 Å². The number of piperidine rings is 1. The molecule has 122 valence electrons. The van der Waals surface area contributed by atoms with Crippen molar-refractivity contribution in [3.05, 3.63) is 33.9 Å². The molecular formula is C20H25BrN2. The zero-order valence-electron chi connectivity index (χ0n) is 14.1. The van der Waals surface area contributed by atoms with Gasteiger partial charge in [0, 0.05) is 46.6 Å². The molecule has 3 aliphatic rings. The largest absolute Gasteiger partial charge is 0.347 e. The quantitative estimate of drug-likeness (QED) is 0.735. The van der Waals surface area contributed by atoms with Crippen molar-refractivity contribution >= 4 is 26.8 Å². The summed E-state index contributed by atoms with van der Waals surface area (Å²) in [6.45, 7) is 4.88. The van der Waals surface area contributed by atoms with Crippen LogP contribution in [-0.2, 0) is 13.0 Å². The predicted molar refractivity (Wildman–Crippen MR) is 99.0 cm³/mol. The number of hydrogen-bond acceptors (Lipinski definition) is 1. The van der Waals surface area contributed by atoms with Crippen molar-refractivity contribution in [3.8, 4) is 0 Å². The minimum Gasteiger partial charge on any atom is -0.347 e. The number of benzene rings is 1. The summed E-state index contributed by atoms with van der Waals surface area (Å²) in [4.78, 5) is 2.62. The van der Waals surface area contributed by atoms with Gasteiger partial charge in [-0.05, 0) is 67.8 Å². The second-order valence-corrected chi connectivity index (χ2v) is 9.21. The number of halogens is 1. The number of fused-ring (bicyclic) bond motifs is 2. The van der Waals surface area contributed by atoms with Crippen LogP contribution >= 0.6 is 15.9 Å². The van der Waals surface area contributed by atoms with E-state index in [-0.39, 0.29) is 0 Å². The van der Waals surface area contributed by atoms with Gasteiger partial charge in [-0.1, -0.05) is 22.9 Å². The van der Waals surface area contributed by atoms with Crippen LogP contribution in [0.4, 0.5) is 0 Å². The van der Waals surface area contributed by atoms with Gasteiger partial charge in [0.1, 0.15) is 0 Å². The number of aromatic nitrogens is 1. The van der Waals surface area contributed by atoms with Crippen LogP contribution in [0.2, 0.25) is 0 Å². The summed E-state index contributed by atoms with van der Waals surface area (Å²) >= 11 is 3.79. The Morgan fingerprint density at radius 3 is 2.87 bits per heavy atom. The Balaban J connectivity index is 1.69. The smallest absolute Gasteiger partial charge is 0.0497 e. The van der Waals surface area contributed by atoms with Crippen LogP contribution in [0, 0.1) is 11.8 Å². The predicted octanol–water partition coefficient (Wildman–Crippen LogP) is 4.79. The maximum Gasteiger partial charge on any atom is 0.0497 e. The van der Waals surface area contributed by atoms with E-state index in [4.69, 9.17) is 0 Å². The molecule has 0 spiro atoms. The third-order valence-corrected chi connectivity index (χ3v) is 6.78. The van der Waals surface area contributed by atoms with Crippen LogP contribution in [-0.4, -0.2) is 29.1 Å². The number of likely N-dealkylation sites (N-methyl/N-ethyl adjacent to an activating group) is 1. The molecule has 2 aliphatic carbocycles. The maximum atomic E-state index is 3.79. The van der Waals surface area contributed by atoms with Crippen molar-refractivity contribution in [2.75, 3.05) is 13.6 Å². The van der Waals surface area contributed by atoms with Crippen LogP contribution in [0.15, 0.2) is 22.8 Å². The Hall–Kier alpha value is -0.800. The summed E-state index contributed by atoms with van der Waals surface area (Å²) in [5.74, 6) is 2.42. The summed E-state index contributed by atoms with van der Waals surface area (Å²) < 4.78 is 3.81. The van der Waals surface area contributed by atoms with E-state index in [1.807, 2.05) is 0 Å². The van der Waals surface area contributed by atoms with Crippen LogP contribution in [0.25, 0.3) is 10.9 Å². The molecule has 1 unspecified atom stereocenters. The Morgan fingerprint density at radius 1 is 1.26 bits per heavy atom. The van der Waals surface area contributed by atoms with E-state index < -0.39 is 0 Å². The van der Waals surface area contributed by atoms with Crippen molar-refractivity contribution in [1.82, 2.24) is 9.47 Å². The lowest BCUT2D eigenvalue weighted by atomic mass is 9.73. The number of rotatable bonds is 2. The molecule has 23 heavy (non-hydrogen) atoms. The SMILES string of the molecule is C[C@@H]1CC2c3cc(Br)cc4c3c(cn4CC3CC3)C[C@H]2N(C)C1. The van der Waals surface area contributed by atoms with Crippen molar-refractivity contribution in [3.63, 3.8) is 0 Å². The van der Waals surface area contributed by atoms with E-state index in [0.717, 1.165) is 11.8 Å². The first-order chi connectivity index (χ1) is 11.1. The fourth-order valence-electron chi connectivity index (χ4n) is 5.15. The molecule has 0 N–H and O–H groups in total. The van der Waals surface area contributed by atoms with Crippen LogP contribution in [0.1, 0.15) is 43.2 Å². The lowest BCUT2D eigenvalue weighted by Gasteiger charge is -2.44. The number of hydrogen-bond donors (Lipinski definition) is 0. The molecule has 2 aromatic rings. The zero-order valence-corrected chi connectivity index (χ0v) is 15.6. The highest BCUT2D eigenvalue weighted by molar-refractivity contribution is 9.10. The molecule has 3 atom stereocenters. The summed E-state index contributed by atoms with van der Waals surface area (Å²) in [5.41, 5.74) is 4.66. The van der Waals surface area contributed by atoms with Crippen molar-refractivity contribution < 1.29 is 0 Å². The molecule has 2 nitrogen and oxygen atoms in total. The Kier molecular flexibility index (Phi) is 3.22. The Bertz CT molecular complexity index is 774. The zero-order chi connectivity index (χ0) is 15.7. The Morgan fingerprint density at radius 2 is 2.09 bits per heavy atom. The molecule has 0 amide bonds. The third kappa shape index (κ3) is 2.31. The molecule has 1 aromatic heterocycles. The molecule has 2 fully saturated rings. The molecular weight excluding hydrogens is 348 g/mol. The van der Waals surface area contributed by atoms with Crippen molar-refractivity contribution in [1.29, 1.82) is 0 Å². The average Bonchev–Trinajstić information content (AvgIpc) is 3.24. The highest BCUT2D eigenvalue weighted by Gasteiger charge is 2.39. The average molecular weight is 373 g/mol. The summed E-state index contributed by atoms with van der Waals surface area (Å²) in [6, 6.07) is 5.45. The van der Waals surface area contributed by atoms with Gasteiger partial charge < -0.3 is 9.47 Å². The van der Waals surface area contributed by atoms with E-state index in [1.165, 1.54) is 48.8 Å². The lowest BCUT2D eigenvalue weighted by molar-refractivity contribution is 0.119. The van der Waals surface area contributed by atoms with Gasteiger partial charge in [-0.15, -0.1) is 0 Å². The molecule has 2 heterocycles. The number of nitrogens with zero attached hydrogens (tertiary/aromatic N) is 2. The molecule has 1 aromatic carbocycles. The minimum atomic E-state index is 0.688. The first kappa shape index (κ1) is 14.5. The molecule has 1 saturated carbocycles. The fourth-order valence-corrected chi connectivity index (χ4v) is 5.61. The highest BCUT2D eigenvalue weighted by atomic mass is 79.9. The molecule has 5 rings (SSSR count). The molecule has 1 saturated heterocycles. The van der Waals surface area contributed by atoms with Gasteiger partial charge in [-0.2, -0.15) is 0 Å². The van der Waals surface area contributed by atoms with Crippen molar-refractivity contribution in [2.24, 2.45) is 11.8 Å². The fraction of sp³-hybridized carbons (Fsp3) is 0.600.